The molecular formula is C18H13BrClN3O4. The third-order valence-corrected chi connectivity index (χ3v) is 4.41. The molecule has 0 spiro atoms. The Kier molecular flexibility index (Phi) is 5.48. The number of hydrogen-bond donors (Lipinski definition) is 2. The van der Waals surface area contributed by atoms with Gasteiger partial charge in [0.25, 0.3) is 17.7 Å². The smallest absolute Gasteiger partial charge is 0.282 e. The van der Waals surface area contributed by atoms with Crippen LogP contribution in [-0.4, -0.2) is 24.3 Å². The largest absolute Gasteiger partial charge is 0.482 e. The number of carbonyl (C=O) groups is 3. The molecule has 0 bridgehead atoms. The van der Waals surface area contributed by atoms with Gasteiger partial charge in [-0.3, -0.25) is 19.8 Å². The van der Waals surface area contributed by atoms with E-state index in [1.165, 1.54) is 12.1 Å². The molecule has 2 aromatic rings. The van der Waals surface area contributed by atoms with Gasteiger partial charge in [0, 0.05) is 10.6 Å². The normalized spacial score (nSPS) is 15.2. The lowest BCUT2D eigenvalue weighted by Gasteiger charge is -2.14. The van der Waals surface area contributed by atoms with Gasteiger partial charge in [-0.1, -0.05) is 29.8 Å². The lowest BCUT2D eigenvalue weighted by molar-refractivity contribution is -0.120. The SMILES string of the molecule is NC(=O)COc1c(Br)cc(Cl)cc1C=C1C(=O)NN(c2ccccc2)C1=O. The molecule has 0 radical (unpaired) electrons. The minimum absolute atomic E-state index is 0.100. The Hall–Kier alpha value is -2.84. The molecule has 1 heterocycles. The highest BCUT2D eigenvalue weighted by atomic mass is 79.9. The molecule has 1 aliphatic heterocycles. The second-order valence-electron chi connectivity index (χ2n) is 5.54. The van der Waals surface area contributed by atoms with Crippen LogP contribution in [0.5, 0.6) is 5.75 Å². The second-order valence-corrected chi connectivity index (χ2v) is 6.83. The standard InChI is InChI=1S/C18H13BrClN3O4/c19-14-8-11(20)6-10(16(14)27-9-15(21)24)7-13-17(25)22-23(18(13)26)12-4-2-1-3-5-12/h1-8H,9H2,(H2,21,24)(H,22,25). The number of rotatable bonds is 5. The van der Waals surface area contributed by atoms with Gasteiger partial charge < -0.3 is 10.5 Å². The van der Waals surface area contributed by atoms with Gasteiger partial charge in [0.1, 0.15) is 11.3 Å². The van der Waals surface area contributed by atoms with Gasteiger partial charge in [-0.05, 0) is 46.3 Å². The molecule has 1 saturated heterocycles. The van der Waals surface area contributed by atoms with Crippen LogP contribution in [0.4, 0.5) is 5.69 Å². The Morgan fingerprint density at radius 1 is 1.26 bits per heavy atom. The van der Waals surface area contributed by atoms with Crippen molar-refractivity contribution in [2.75, 3.05) is 11.6 Å². The Morgan fingerprint density at radius 3 is 2.63 bits per heavy atom. The summed E-state index contributed by atoms with van der Waals surface area (Å²) >= 11 is 9.35. The summed E-state index contributed by atoms with van der Waals surface area (Å²) in [5.41, 5.74) is 8.40. The van der Waals surface area contributed by atoms with E-state index in [4.69, 9.17) is 22.1 Å². The van der Waals surface area contributed by atoms with Crippen LogP contribution < -0.4 is 20.9 Å². The van der Waals surface area contributed by atoms with Gasteiger partial charge in [0.05, 0.1) is 10.2 Å². The summed E-state index contributed by atoms with van der Waals surface area (Å²) in [7, 11) is 0. The fourth-order valence-corrected chi connectivity index (χ4v) is 3.40. The Balaban J connectivity index is 1.99. The van der Waals surface area contributed by atoms with E-state index in [2.05, 4.69) is 21.4 Å². The number of nitrogens with two attached hydrogens (primary N) is 1. The third kappa shape index (κ3) is 4.12. The van der Waals surface area contributed by atoms with Crippen molar-refractivity contribution < 1.29 is 19.1 Å². The molecule has 0 atom stereocenters. The number of amides is 3. The maximum atomic E-state index is 12.7. The molecule has 0 aliphatic carbocycles. The molecule has 1 aliphatic rings. The zero-order chi connectivity index (χ0) is 19.6. The van der Waals surface area contributed by atoms with Crippen molar-refractivity contribution in [3.8, 4) is 5.75 Å². The molecule has 1 fully saturated rings. The number of para-hydroxylation sites is 1. The maximum Gasteiger partial charge on any atom is 0.282 e. The van der Waals surface area contributed by atoms with Crippen molar-refractivity contribution in [3.05, 3.63) is 63.1 Å². The van der Waals surface area contributed by atoms with E-state index < -0.39 is 17.7 Å². The number of carbonyl (C=O) groups excluding carboxylic acids is 3. The summed E-state index contributed by atoms with van der Waals surface area (Å²) in [5.74, 6) is -1.52. The number of halogens is 2. The number of benzene rings is 2. The van der Waals surface area contributed by atoms with Crippen LogP contribution >= 0.6 is 27.5 Å². The van der Waals surface area contributed by atoms with Gasteiger partial charge >= 0.3 is 0 Å². The molecule has 0 aromatic heterocycles. The van der Waals surface area contributed by atoms with E-state index in [0.717, 1.165) is 5.01 Å². The average molecular weight is 451 g/mol. The Labute approximate surface area is 167 Å². The summed E-state index contributed by atoms with van der Waals surface area (Å²) < 4.78 is 5.85. The number of primary amides is 1. The topological polar surface area (TPSA) is 102 Å². The number of ether oxygens (including phenoxy) is 1. The van der Waals surface area contributed by atoms with Crippen molar-refractivity contribution in [3.63, 3.8) is 0 Å². The molecule has 9 heteroatoms. The zero-order valence-corrected chi connectivity index (χ0v) is 16.1. The molecule has 2 aromatic carbocycles. The van der Waals surface area contributed by atoms with Crippen LogP contribution in [0.2, 0.25) is 5.02 Å². The van der Waals surface area contributed by atoms with E-state index in [9.17, 15) is 14.4 Å². The number of nitrogens with one attached hydrogen (secondary N) is 1. The van der Waals surface area contributed by atoms with E-state index in [1.807, 2.05) is 0 Å². The number of nitrogens with zero attached hydrogens (tertiary/aromatic N) is 1. The Morgan fingerprint density at radius 2 is 1.96 bits per heavy atom. The van der Waals surface area contributed by atoms with Crippen LogP contribution in [-0.2, 0) is 14.4 Å². The van der Waals surface area contributed by atoms with Crippen molar-refractivity contribution in [2.45, 2.75) is 0 Å². The fraction of sp³-hybridized carbons (Fsp3) is 0.0556. The zero-order valence-electron chi connectivity index (χ0n) is 13.7. The first-order valence-electron chi connectivity index (χ1n) is 7.69. The first kappa shape index (κ1) is 18.9. The third-order valence-electron chi connectivity index (χ3n) is 3.60. The molecule has 3 amide bonds. The van der Waals surface area contributed by atoms with Crippen molar-refractivity contribution in [1.82, 2.24) is 5.43 Å². The van der Waals surface area contributed by atoms with E-state index in [-0.39, 0.29) is 17.9 Å². The highest BCUT2D eigenvalue weighted by Crippen LogP contribution is 2.35. The predicted octanol–water partition coefficient (Wildman–Crippen LogP) is 2.43. The molecule has 27 heavy (non-hydrogen) atoms. The van der Waals surface area contributed by atoms with Crippen LogP contribution in [0.15, 0.2) is 52.5 Å². The van der Waals surface area contributed by atoms with Crippen molar-refractivity contribution in [1.29, 1.82) is 0 Å². The lowest BCUT2D eigenvalue weighted by atomic mass is 10.1. The highest BCUT2D eigenvalue weighted by molar-refractivity contribution is 9.10. The first-order valence-corrected chi connectivity index (χ1v) is 8.86. The quantitative estimate of drug-likeness (QED) is 0.539. The van der Waals surface area contributed by atoms with E-state index in [1.54, 1.807) is 36.4 Å². The van der Waals surface area contributed by atoms with Gasteiger partial charge in [0.15, 0.2) is 6.61 Å². The van der Waals surface area contributed by atoms with Crippen molar-refractivity contribution in [2.24, 2.45) is 5.73 Å². The van der Waals surface area contributed by atoms with Crippen LogP contribution in [0, 0.1) is 0 Å². The molecular weight excluding hydrogens is 438 g/mol. The van der Waals surface area contributed by atoms with Gasteiger partial charge in [-0.15, -0.1) is 0 Å². The van der Waals surface area contributed by atoms with Crippen LogP contribution in [0.25, 0.3) is 6.08 Å². The minimum Gasteiger partial charge on any atom is -0.482 e. The fourth-order valence-electron chi connectivity index (χ4n) is 2.45. The number of hydrogen-bond acceptors (Lipinski definition) is 4. The maximum absolute atomic E-state index is 12.7. The summed E-state index contributed by atoms with van der Waals surface area (Å²) in [6, 6.07) is 11.8. The number of hydrazine groups is 1. The predicted molar refractivity (Wildman–Crippen MR) is 104 cm³/mol. The molecule has 0 saturated carbocycles. The molecule has 138 valence electrons. The van der Waals surface area contributed by atoms with Gasteiger partial charge in [-0.2, -0.15) is 0 Å². The van der Waals surface area contributed by atoms with E-state index in [0.29, 0.717) is 20.7 Å². The summed E-state index contributed by atoms with van der Waals surface area (Å²) in [6.45, 7) is -0.368. The first-order chi connectivity index (χ1) is 12.9. The lowest BCUT2D eigenvalue weighted by Crippen LogP contribution is -2.35. The van der Waals surface area contributed by atoms with E-state index >= 15 is 0 Å². The second kappa shape index (κ2) is 7.81. The summed E-state index contributed by atoms with van der Waals surface area (Å²) in [4.78, 5) is 36.0. The molecule has 7 nitrogen and oxygen atoms in total. The molecule has 0 unspecified atom stereocenters. The molecule has 3 N–H and O–H groups in total. The van der Waals surface area contributed by atoms with Gasteiger partial charge in [0.2, 0.25) is 0 Å². The summed E-state index contributed by atoms with van der Waals surface area (Å²) in [6.07, 6.45) is 1.35. The van der Waals surface area contributed by atoms with Crippen LogP contribution in [0.3, 0.4) is 0 Å². The summed E-state index contributed by atoms with van der Waals surface area (Å²) in [5, 5.41) is 1.50. The van der Waals surface area contributed by atoms with Crippen LogP contribution in [0.1, 0.15) is 5.56 Å². The van der Waals surface area contributed by atoms with Crippen molar-refractivity contribution >= 4 is 57.0 Å². The average Bonchev–Trinajstić information content (AvgIpc) is 2.89. The monoisotopic (exact) mass is 449 g/mol. The minimum atomic E-state index is -0.666. The molecule has 3 rings (SSSR count). The number of anilines is 1. The highest BCUT2D eigenvalue weighted by Gasteiger charge is 2.34. The van der Waals surface area contributed by atoms with Gasteiger partial charge in [-0.25, -0.2) is 5.01 Å². The Bertz CT molecular complexity index is 963.